The van der Waals surface area contributed by atoms with Crippen LogP contribution >= 0.6 is 11.8 Å². The maximum absolute atomic E-state index is 12.4. The van der Waals surface area contributed by atoms with Crippen molar-refractivity contribution >= 4 is 29.7 Å². The Morgan fingerprint density at radius 2 is 2.10 bits per heavy atom. The smallest absolute Gasteiger partial charge is 0.327 e. The van der Waals surface area contributed by atoms with Gasteiger partial charge in [-0.1, -0.05) is 0 Å². The number of esters is 1. The van der Waals surface area contributed by atoms with Crippen LogP contribution < -0.4 is 0 Å². The van der Waals surface area contributed by atoms with Gasteiger partial charge in [0.1, 0.15) is 12.6 Å². The first-order valence-electron chi connectivity index (χ1n) is 6.58. The number of aliphatic carboxylic acids is 1. The number of amides is 2. The van der Waals surface area contributed by atoms with Crippen molar-refractivity contribution in [2.24, 2.45) is 0 Å². The number of carboxylic acids is 1. The first kappa shape index (κ1) is 15.0. The van der Waals surface area contributed by atoms with Crippen LogP contribution in [0.5, 0.6) is 0 Å². The quantitative estimate of drug-likeness (QED) is 0.748. The molecule has 7 nitrogen and oxygen atoms in total. The monoisotopic (exact) mass is 302 g/mol. The molecule has 0 aromatic heterocycles. The van der Waals surface area contributed by atoms with Gasteiger partial charge in [0.15, 0.2) is 0 Å². The number of urea groups is 1. The van der Waals surface area contributed by atoms with E-state index in [1.54, 1.807) is 6.92 Å². The molecule has 2 aliphatic rings. The summed E-state index contributed by atoms with van der Waals surface area (Å²) in [6, 6.07) is -1.15. The predicted octanol–water partition coefficient (Wildman–Crippen LogP) is 0.593. The van der Waals surface area contributed by atoms with Gasteiger partial charge in [-0.05, 0) is 19.8 Å². The summed E-state index contributed by atoms with van der Waals surface area (Å²) in [5.74, 6) is -0.720. The first-order valence-corrected chi connectivity index (χ1v) is 7.73. The molecule has 112 valence electrons. The molecular formula is C12H18N2O5S. The molecule has 1 heterocycles. The van der Waals surface area contributed by atoms with Gasteiger partial charge in [0.05, 0.1) is 12.5 Å². The highest BCUT2D eigenvalue weighted by Gasteiger charge is 2.42. The molecule has 1 saturated heterocycles. The SMILES string of the molecule is CCOC(=O)CN(C(=O)N1CSC[C@H]1C(=O)O)C1CC1. The third-order valence-corrected chi connectivity index (χ3v) is 4.26. The molecule has 0 bridgehead atoms. The van der Waals surface area contributed by atoms with E-state index in [4.69, 9.17) is 9.84 Å². The lowest BCUT2D eigenvalue weighted by molar-refractivity contribution is -0.144. The second-order valence-electron chi connectivity index (χ2n) is 4.77. The minimum atomic E-state index is -1.00. The summed E-state index contributed by atoms with van der Waals surface area (Å²) in [6.45, 7) is 1.87. The van der Waals surface area contributed by atoms with Crippen molar-refractivity contribution in [3.63, 3.8) is 0 Å². The first-order chi connectivity index (χ1) is 9.54. The zero-order valence-corrected chi connectivity index (χ0v) is 12.1. The van der Waals surface area contributed by atoms with Gasteiger partial charge in [0.2, 0.25) is 0 Å². The van der Waals surface area contributed by atoms with Crippen molar-refractivity contribution in [1.29, 1.82) is 0 Å². The zero-order valence-electron chi connectivity index (χ0n) is 11.3. The standard InChI is InChI=1S/C12H18N2O5S/c1-2-19-10(15)5-13(8-3-4-8)12(18)14-7-20-6-9(14)11(16)17/h8-9H,2-7H2,1H3,(H,16,17)/t9-/m0/s1. The average molecular weight is 302 g/mol. The molecule has 0 spiro atoms. The summed E-state index contributed by atoms with van der Waals surface area (Å²) >= 11 is 1.41. The number of hydrogen-bond donors (Lipinski definition) is 1. The average Bonchev–Trinajstić information content (AvgIpc) is 3.11. The molecule has 2 fully saturated rings. The highest BCUT2D eigenvalue weighted by Crippen LogP contribution is 2.30. The number of ether oxygens (including phenoxy) is 1. The Bertz CT molecular complexity index is 413. The highest BCUT2D eigenvalue weighted by atomic mass is 32.2. The maximum Gasteiger partial charge on any atom is 0.327 e. The molecule has 8 heteroatoms. The molecule has 1 saturated carbocycles. The van der Waals surface area contributed by atoms with Crippen LogP contribution in [0.1, 0.15) is 19.8 Å². The topological polar surface area (TPSA) is 87.2 Å². The Labute approximate surface area is 121 Å². The molecule has 0 radical (unpaired) electrons. The molecule has 0 unspecified atom stereocenters. The van der Waals surface area contributed by atoms with Gasteiger partial charge in [0, 0.05) is 11.8 Å². The molecule has 0 aromatic rings. The van der Waals surface area contributed by atoms with Crippen molar-refractivity contribution < 1.29 is 24.2 Å². The van der Waals surface area contributed by atoms with Crippen molar-refractivity contribution in [3.05, 3.63) is 0 Å². The second kappa shape index (κ2) is 6.34. The van der Waals surface area contributed by atoms with E-state index < -0.39 is 18.0 Å². The van der Waals surface area contributed by atoms with Gasteiger partial charge in [-0.15, -0.1) is 11.8 Å². The van der Waals surface area contributed by atoms with Crippen molar-refractivity contribution in [2.45, 2.75) is 31.8 Å². The van der Waals surface area contributed by atoms with Crippen LogP contribution in [-0.2, 0) is 14.3 Å². The molecule has 1 N–H and O–H groups in total. The summed E-state index contributed by atoms with van der Waals surface area (Å²) < 4.78 is 4.86. The van der Waals surface area contributed by atoms with Gasteiger partial charge in [-0.25, -0.2) is 9.59 Å². The van der Waals surface area contributed by atoms with Crippen LogP contribution in [0.4, 0.5) is 4.79 Å². The van der Waals surface area contributed by atoms with E-state index in [0.717, 1.165) is 12.8 Å². The lowest BCUT2D eigenvalue weighted by Gasteiger charge is -2.29. The number of nitrogens with zero attached hydrogens (tertiary/aromatic N) is 2. The van der Waals surface area contributed by atoms with Gasteiger partial charge in [-0.3, -0.25) is 4.79 Å². The fraction of sp³-hybridized carbons (Fsp3) is 0.750. The summed E-state index contributed by atoms with van der Waals surface area (Å²) in [5.41, 5.74) is 0. The molecule has 2 rings (SSSR count). The van der Waals surface area contributed by atoms with Crippen LogP contribution in [0.3, 0.4) is 0 Å². The number of rotatable bonds is 5. The van der Waals surface area contributed by atoms with E-state index in [0.29, 0.717) is 11.6 Å². The predicted molar refractivity (Wildman–Crippen MR) is 72.3 cm³/mol. The molecule has 1 atom stereocenters. The van der Waals surface area contributed by atoms with Crippen LogP contribution in [0.2, 0.25) is 0 Å². The fourth-order valence-corrected chi connectivity index (χ4v) is 3.22. The highest BCUT2D eigenvalue weighted by molar-refractivity contribution is 7.99. The van der Waals surface area contributed by atoms with E-state index >= 15 is 0 Å². The largest absolute Gasteiger partial charge is 0.480 e. The Morgan fingerprint density at radius 3 is 2.65 bits per heavy atom. The summed E-state index contributed by atoms with van der Waals surface area (Å²) in [4.78, 5) is 37.9. The van der Waals surface area contributed by atoms with Gasteiger partial charge in [-0.2, -0.15) is 0 Å². The number of thioether (sulfide) groups is 1. The minimum absolute atomic E-state index is 0.0342. The van der Waals surface area contributed by atoms with E-state index in [-0.39, 0.29) is 25.2 Å². The Kier molecular flexibility index (Phi) is 4.74. The Morgan fingerprint density at radius 1 is 1.40 bits per heavy atom. The van der Waals surface area contributed by atoms with Gasteiger partial charge in [0.25, 0.3) is 0 Å². The Hall–Kier alpha value is -1.44. The van der Waals surface area contributed by atoms with Crippen LogP contribution in [0.25, 0.3) is 0 Å². The number of carboxylic acid groups (broad SMARTS) is 1. The van der Waals surface area contributed by atoms with E-state index in [9.17, 15) is 14.4 Å². The summed E-state index contributed by atoms with van der Waals surface area (Å²) in [6.07, 6.45) is 1.70. The molecule has 20 heavy (non-hydrogen) atoms. The molecule has 1 aliphatic heterocycles. The van der Waals surface area contributed by atoms with Gasteiger partial charge < -0.3 is 19.6 Å². The molecular weight excluding hydrogens is 284 g/mol. The van der Waals surface area contributed by atoms with E-state index in [1.807, 2.05) is 0 Å². The number of carbonyl (C=O) groups is 3. The van der Waals surface area contributed by atoms with Crippen molar-refractivity contribution in [2.75, 3.05) is 24.8 Å². The van der Waals surface area contributed by atoms with Crippen molar-refractivity contribution in [3.8, 4) is 0 Å². The maximum atomic E-state index is 12.4. The third-order valence-electron chi connectivity index (χ3n) is 3.25. The molecule has 0 aromatic carbocycles. The minimum Gasteiger partial charge on any atom is -0.480 e. The molecule has 1 aliphatic carbocycles. The fourth-order valence-electron chi connectivity index (χ4n) is 2.09. The van der Waals surface area contributed by atoms with E-state index in [2.05, 4.69) is 0 Å². The number of hydrogen-bond acceptors (Lipinski definition) is 5. The lowest BCUT2D eigenvalue weighted by atomic mass is 10.3. The van der Waals surface area contributed by atoms with Crippen LogP contribution in [0, 0.1) is 0 Å². The van der Waals surface area contributed by atoms with Crippen molar-refractivity contribution in [1.82, 2.24) is 9.80 Å². The third kappa shape index (κ3) is 3.36. The zero-order chi connectivity index (χ0) is 14.7. The lowest BCUT2D eigenvalue weighted by Crippen LogP contribution is -2.51. The Balaban J connectivity index is 2.03. The molecule has 2 amide bonds. The summed E-state index contributed by atoms with van der Waals surface area (Å²) in [5, 5.41) is 9.12. The second-order valence-corrected chi connectivity index (χ2v) is 5.77. The number of carbonyl (C=O) groups excluding carboxylic acids is 2. The van der Waals surface area contributed by atoms with Crippen LogP contribution in [-0.4, -0.2) is 69.7 Å². The normalized spacial score (nSPS) is 21.6. The van der Waals surface area contributed by atoms with Gasteiger partial charge >= 0.3 is 18.0 Å². The van der Waals surface area contributed by atoms with Crippen LogP contribution in [0.15, 0.2) is 0 Å². The van der Waals surface area contributed by atoms with E-state index in [1.165, 1.54) is 21.6 Å². The summed E-state index contributed by atoms with van der Waals surface area (Å²) in [7, 11) is 0.